The maximum absolute atomic E-state index is 13.5. The molecule has 30 heavy (non-hydrogen) atoms. The van der Waals surface area contributed by atoms with Gasteiger partial charge < -0.3 is 0 Å². The molecule has 5 saturated carbocycles. The predicted octanol–water partition coefficient (Wildman–Crippen LogP) is 5.67. The Bertz CT molecular complexity index is 989. The molecule has 8 rings (SSSR count). The van der Waals surface area contributed by atoms with E-state index >= 15 is 0 Å². The lowest BCUT2D eigenvalue weighted by atomic mass is 9.53. The van der Waals surface area contributed by atoms with Gasteiger partial charge in [-0.1, -0.05) is 46.5 Å². The molecule has 6 fully saturated rings. The first-order valence-electron chi connectivity index (χ1n) is 11.3. The van der Waals surface area contributed by atoms with Crippen LogP contribution in [0.3, 0.4) is 0 Å². The number of allylic oxidation sites excluding steroid dienone is 4. The van der Waals surface area contributed by atoms with Gasteiger partial charge in [0.2, 0.25) is 11.8 Å². The highest BCUT2D eigenvalue weighted by Crippen LogP contribution is 2.64. The molecule has 1 heterocycles. The lowest BCUT2D eigenvalue weighted by Gasteiger charge is -2.52. The van der Waals surface area contributed by atoms with Gasteiger partial charge >= 0.3 is 0 Å². The second kappa shape index (κ2) is 6.01. The van der Waals surface area contributed by atoms with Gasteiger partial charge in [0.05, 0.1) is 17.5 Å². The molecule has 6 bridgehead atoms. The largest absolute Gasteiger partial charge is 0.274 e. The molecule has 4 atom stereocenters. The minimum Gasteiger partial charge on any atom is -0.274 e. The number of halogens is 2. The van der Waals surface area contributed by atoms with Crippen LogP contribution in [0.15, 0.2) is 41.5 Å². The summed E-state index contributed by atoms with van der Waals surface area (Å²) in [5.41, 5.74) is 3.62. The van der Waals surface area contributed by atoms with E-state index in [0.717, 1.165) is 11.8 Å². The summed E-state index contributed by atoms with van der Waals surface area (Å²) >= 11 is 12.3. The average Bonchev–Trinajstić information content (AvgIpc) is 3.30. The third kappa shape index (κ3) is 2.23. The smallest absolute Gasteiger partial charge is 0.238 e. The Balaban J connectivity index is 1.29. The lowest BCUT2D eigenvalue weighted by Crippen LogP contribution is -2.41. The van der Waals surface area contributed by atoms with Gasteiger partial charge in [-0.25, -0.2) is 4.90 Å². The molecule has 3 nitrogen and oxygen atoms in total. The van der Waals surface area contributed by atoms with Crippen molar-refractivity contribution < 1.29 is 9.59 Å². The summed E-state index contributed by atoms with van der Waals surface area (Å²) in [6.07, 6.45) is 11.2. The van der Waals surface area contributed by atoms with Crippen molar-refractivity contribution >= 4 is 40.7 Å². The number of amides is 2. The van der Waals surface area contributed by atoms with Gasteiger partial charge in [-0.05, 0) is 74.0 Å². The lowest BCUT2D eigenvalue weighted by molar-refractivity contribution is -0.122. The minimum atomic E-state index is -0.259. The van der Waals surface area contributed by atoms with Crippen molar-refractivity contribution in [2.45, 2.75) is 32.1 Å². The second-order valence-corrected chi connectivity index (χ2v) is 11.2. The number of imide groups is 1. The molecular formula is C25H23Cl2NO2. The van der Waals surface area contributed by atoms with Crippen LogP contribution in [0, 0.1) is 47.3 Å². The van der Waals surface area contributed by atoms with Crippen molar-refractivity contribution in [1.29, 1.82) is 0 Å². The van der Waals surface area contributed by atoms with Crippen molar-refractivity contribution in [3.05, 3.63) is 51.5 Å². The molecule has 0 N–H and O–H groups in total. The number of benzene rings is 1. The van der Waals surface area contributed by atoms with E-state index in [4.69, 9.17) is 23.2 Å². The van der Waals surface area contributed by atoms with Gasteiger partial charge in [-0.2, -0.15) is 0 Å². The predicted molar refractivity (Wildman–Crippen MR) is 116 cm³/mol. The molecule has 2 amide bonds. The molecule has 1 aromatic rings. The maximum Gasteiger partial charge on any atom is 0.238 e. The van der Waals surface area contributed by atoms with E-state index in [-0.39, 0.29) is 35.5 Å². The number of hydrogen-bond acceptors (Lipinski definition) is 2. The fraction of sp³-hybridized carbons (Fsp3) is 0.520. The third-order valence-corrected chi connectivity index (χ3v) is 9.31. The zero-order chi connectivity index (χ0) is 20.3. The molecule has 0 radical (unpaired) electrons. The summed E-state index contributed by atoms with van der Waals surface area (Å²) in [6.45, 7) is 0. The summed E-state index contributed by atoms with van der Waals surface area (Å²) in [5, 5.41) is 0.875. The van der Waals surface area contributed by atoms with Crippen LogP contribution in [0.25, 0.3) is 0 Å². The summed E-state index contributed by atoms with van der Waals surface area (Å²) in [5.74, 6) is 2.75. The Kier molecular flexibility index (Phi) is 3.61. The Morgan fingerprint density at radius 3 is 1.70 bits per heavy atom. The number of anilines is 1. The van der Waals surface area contributed by atoms with Crippen molar-refractivity contribution in [3.8, 4) is 0 Å². The number of fused-ring (bicyclic) bond motifs is 5. The van der Waals surface area contributed by atoms with E-state index < -0.39 is 0 Å². The Morgan fingerprint density at radius 1 is 0.700 bits per heavy atom. The zero-order valence-corrected chi connectivity index (χ0v) is 18.1. The van der Waals surface area contributed by atoms with E-state index in [1.165, 1.54) is 42.6 Å². The number of carbonyl (C=O) groups excluding carboxylic acids is 2. The number of carbonyl (C=O) groups is 2. The van der Waals surface area contributed by atoms with Crippen molar-refractivity contribution in [1.82, 2.24) is 0 Å². The summed E-state index contributed by atoms with van der Waals surface area (Å²) < 4.78 is 0. The van der Waals surface area contributed by atoms with Gasteiger partial charge in [0.1, 0.15) is 0 Å². The van der Waals surface area contributed by atoms with E-state index in [1.54, 1.807) is 23.8 Å². The SMILES string of the molecule is O=C1[C@@H]2[C@H](C(=O)N1c1cc(Cl)cc(Cl)c1)[C@H]1C=C[C@@H]2C1=C1C2CC3CC(C2)CC1C3. The molecule has 1 saturated heterocycles. The molecular weight excluding hydrogens is 417 g/mol. The van der Waals surface area contributed by atoms with Gasteiger partial charge in [-0.3, -0.25) is 9.59 Å². The van der Waals surface area contributed by atoms with Crippen LogP contribution >= 0.6 is 23.2 Å². The first-order chi connectivity index (χ1) is 14.5. The molecule has 5 heteroatoms. The molecule has 0 unspecified atom stereocenters. The fourth-order valence-electron chi connectivity index (χ4n) is 8.23. The van der Waals surface area contributed by atoms with Gasteiger partial charge in [0.15, 0.2) is 0 Å². The van der Waals surface area contributed by atoms with Crippen LogP contribution in [-0.4, -0.2) is 11.8 Å². The van der Waals surface area contributed by atoms with Crippen LogP contribution in [0.4, 0.5) is 5.69 Å². The number of nitrogens with zero attached hydrogens (tertiary/aromatic N) is 1. The standard InChI is InChI=1S/C25H23Cl2NO2/c26-15-8-16(27)10-17(9-15)28-24(29)22-18-1-2-19(23(22)25(28)30)21(18)20-13-4-11-3-12(6-13)7-14(20)5-11/h1-2,8-14,18-19,22-23H,3-7H2/t11?,12?,13?,14?,18-,19+,22+,23-. The fourth-order valence-corrected chi connectivity index (χ4v) is 8.75. The highest BCUT2D eigenvalue weighted by molar-refractivity contribution is 6.35. The molecule has 0 spiro atoms. The van der Waals surface area contributed by atoms with Crippen molar-refractivity contribution in [3.63, 3.8) is 0 Å². The quantitative estimate of drug-likeness (QED) is 0.417. The summed E-state index contributed by atoms with van der Waals surface area (Å²) in [6, 6.07) is 4.95. The minimum absolute atomic E-state index is 0.0814. The average molecular weight is 440 g/mol. The first kappa shape index (κ1) is 18.0. The topological polar surface area (TPSA) is 37.4 Å². The van der Waals surface area contributed by atoms with Crippen LogP contribution < -0.4 is 4.90 Å². The molecule has 154 valence electrons. The van der Waals surface area contributed by atoms with Gasteiger partial charge in [0.25, 0.3) is 0 Å². The molecule has 1 aliphatic heterocycles. The Morgan fingerprint density at radius 2 is 1.20 bits per heavy atom. The zero-order valence-electron chi connectivity index (χ0n) is 16.6. The summed E-state index contributed by atoms with van der Waals surface area (Å²) in [4.78, 5) is 28.4. The third-order valence-electron chi connectivity index (χ3n) is 8.87. The highest BCUT2D eigenvalue weighted by Gasteiger charge is 2.63. The molecule has 1 aromatic carbocycles. The molecule has 7 aliphatic rings. The number of rotatable bonds is 1. The second-order valence-electron chi connectivity index (χ2n) is 10.3. The van der Waals surface area contributed by atoms with Crippen LogP contribution in [0.2, 0.25) is 10.0 Å². The number of hydrogen-bond donors (Lipinski definition) is 0. The van der Waals surface area contributed by atoms with E-state index in [9.17, 15) is 9.59 Å². The van der Waals surface area contributed by atoms with E-state index in [0.29, 0.717) is 27.6 Å². The van der Waals surface area contributed by atoms with Crippen LogP contribution in [-0.2, 0) is 9.59 Å². The van der Waals surface area contributed by atoms with Gasteiger partial charge in [-0.15, -0.1) is 0 Å². The summed E-state index contributed by atoms with van der Waals surface area (Å²) in [7, 11) is 0. The maximum atomic E-state index is 13.5. The van der Waals surface area contributed by atoms with Crippen molar-refractivity contribution in [2.75, 3.05) is 4.90 Å². The van der Waals surface area contributed by atoms with Crippen LogP contribution in [0.1, 0.15) is 32.1 Å². The van der Waals surface area contributed by atoms with E-state index in [1.807, 2.05) is 0 Å². The molecule has 0 aromatic heterocycles. The first-order valence-corrected chi connectivity index (χ1v) is 12.0. The monoisotopic (exact) mass is 439 g/mol. The Labute approximate surface area is 186 Å². The Hall–Kier alpha value is -1.58. The van der Waals surface area contributed by atoms with Crippen LogP contribution in [0.5, 0.6) is 0 Å². The van der Waals surface area contributed by atoms with E-state index in [2.05, 4.69) is 12.2 Å². The normalized spacial score (nSPS) is 42.8. The van der Waals surface area contributed by atoms with Crippen molar-refractivity contribution in [2.24, 2.45) is 47.3 Å². The highest BCUT2D eigenvalue weighted by atomic mass is 35.5. The van der Waals surface area contributed by atoms with Gasteiger partial charge in [0, 0.05) is 21.9 Å². The molecule has 6 aliphatic carbocycles.